The summed E-state index contributed by atoms with van der Waals surface area (Å²) in [6.45, 7) is 1.23. The lowest BCUT2D eigenvalue weighted by Crippen LogP contribution is -2.08. The summed E-state index contributed by atoms with van der Waals surface area (Å²) in [6.07, 6.45) is 2.43. The highest BCUT2D eigenvalue weighted by Crippen LogP contribution is 2.26. The number of hydrogen-bond donors (Lipinski definition) is 3. The van der Waals surface area contributed by atoms with Crippen LogP contribution in [-0.2, 0) is 25.0 Å². The van der Waals surface area contributed by atoms with Crippen molar-refractivity contribution in [2.75, 3.05) is 5.32 Å². The van der Waals surface area contributed by atoms with E-state index in [0.29, 0.717) is 0 Å². The van der Waals surface area contributed by atoms with Gasteiger partial charge in [-0.25, -0.2) is 0 Å². The average molecular weight is 455 g/mol. The molecule has 9 nitrogen and oxygen atoms in total. The Balaban J connectivity index is 2.63. The molecule has 0 aliphatic heterocycles. The second kappa shape index (κ2) is 8.74. The molecule has 0 atom stereocenters. The lowest BCUT2D eigenvalue weighted by atomic mass is 10.1. The number of hydrogen-bond acceptors (Lipinski definition) is 7. The van der Waals surface area contributed by atoms with Gasteiger partial charge in [-0.3, -0.25) is 13.9 Å². The maximum atomic E-state index is 11.7. The molecular weight excluding hydrogens is 440 g/mol. The Morgan fingerprint density at radius 3 is 2.17 bits per heavy atom. The van der Waals surface area contributed by atoms with Crippen LogP contribution < -0.4 is 5.32 Å². The van der Waals surface area contributed by atoms with Crippen molar-refractivity contribution in [3.05, 3.63) is 47.5 Å². The highest BCUT2D eigenvalue weighted by Gasteiger charge is 2.17. The normalized spacial score (nSPS) is 11.8. The first-order chi connectivity index (χ1) is 13.4. The zero-order valence-corrected chi connectivity index (χ0v) is 17.2. The standard InChI is InChI=1S/C17H14N2O7S3/c1-11(20)19-15-5-4-12(17(9-15)29(24,25)26)2-3-13-8-14(18-10-27)6-7-16(13)28(21,22)23/h2-9H,1H3,(H,19,20)(H,21,22,23)(H,24,25,26)/b3-2+. The van der Waals surface area contributed by atoms with E-state index in [1.165, 1.54) is 43.3 Å². The molecule has 3 N–H and O–H groups in total. The summed E-state index contributed by atoms with van der Waals surface area (Å²) in [7, 11) is -9.25. The van der Waals surface area contributed by atoms with Crippen molar-refractivity contribution < 1.29 is 30.7 Å². The van der Waals surface area contributed by atoms with Crippen molar-refractivity contribution in [3.63, 3.8) is 0 Å². The number of aliphatic imine (C=N–C) groups is 1. The molecule has 0 bridgehead atoms. The topological polar surface area (TPSA) is 150 Å². The number of nitrogens with zero attached hydrogens (tertiary/aromatic N) is 1. The van der Waals surface area contributed by atoms with E-state index < -0.39 is 35.9 Å². The first kappa shape index (κ1) is 22.6. The minimum Gasteiger partial charge on any atom is -0.326 e. The van der Waals surface area contributed by atoms with Gasteiger partial charge in [0.2, 0.25) is 5.91 Å². The van der Waals surface area contributed by atoms with E-state index in [9.17, 15) is 30.7 Å². The van der Waals surface area contributed by atoms with E-state index >= 15 is 0 Å². The predicted molar refractivity (Wildman–Crippen MR) is 110 cm³/mol. The number of carbonyl (C=O) groups excluding carboxylic acids is 1. The van der Waals surface area contributed by atoms with Gasteiger partial charge >= 0.3 is 0 Å². The van der Waals surface area contributed by atoms with Crippen molar-refractivity contribution in [3.8, 4) is 0 Å². The van der Waals surface area contributed by atoms with Crippen molar-refractivity contribution in [1.82, 2.24) is 0 Å². The molecule has 0 aliphatic rings. The average Bonchev–Trinajstić information content (AvgIpc) is 2.58. The maximum absolute atomic E-state index is 11.7. The lowest BCUT2D eigenvalue weighted by Gasteiger charge is -2.08. The minimum absolute atomic E-state index is 0.00614. The van der Waals surface area contributed by atoms with Gasteiger partial charge in [0.1, 0.15) is 9.79 Å². The Morgan fingerprint density at radius 2 is 1.62 bits per heavy atom. The van der Waals surface area contributed by atoms with Crippen LogP contribution in [0.1, 0.15) is 18.1 Å². The van der Waals surface area contributed by atoms with E-state index in [1.807, 2.05) is 0 Å². The molecule has 0 heterocycles. The molecule has 0 fully saturated rings. The van der Waals surface area contributed by atoms with Crippen LogP contribution in [0.5, 0.6) is 0 Å². The highest BCUT2D eigenvalue weighted by atomic mass is 32.2. The molecule has 0 radical (unpaired) electrons. The van der Waals surface area contributed by atoms with Crippen LogP contribution in [0.2, 0.25) is 0 Å². The quantitative estimate of drug-likeness (QED) is 0.261. The number of rotatable bonds is 6. The Bertz CT molecular complexity index is 1260. The molecule has 29 heavy (non-hydrogen) atoms. The maximum Gasteiger partial charge on any atom is 0.295 e. The van der Waals surface area contributed by atoms with Crippen LogP contribution in [-0.4, -0.2) is 37.0 Å². The number of isothiocyanates is 1. The van der Waals surface area contributed by atoms with Gasteiger partial charge < -0.3 is 5.32 Å². The summed E-state index contributed by atoms with van der Waals surface area (Å²) in [4.78, 5) is 13.9. The molecule has 0 saturated carbocycles. The molecular formula is C17H14N2O7S3. The summed E-state index contributed by atoms with van der Waals surface area (Å²) >= 11 is 4.50. The Morgan fingerprint density at radius 1 is 1.00 bits per heavy atom. The largest absolute Gasteiger partial charge is 0.326 e. The van der Waals surface area contributed by atoms with Crippen molar-refractivity contribution in [1.29, 1.82) is 0 Å². The molecule has 0 spiro atoms. The molecule has 0 aromatic heterocycles. The third-order valence-electron chi connectivity index (χ3n) is 3.50. The Labute approximate surface area is 172 Å². The van der Waals surface area contributed by atoms with E-state index in [-0.39, 0.29) is 22.5 Å². The zero-order valence-electron chi connectivity index (χ0n) is 14.7. The smallest absolute Gasteiger partial charge is 0.295 e. The summed E-state index contributed by atoms with van der Waals surface area (Å²) in [5, 5.41) is 4.51. The number of thiocarbonyl (C=S) groups is 1. The van der Waals surface area contributed by atoms with Crippen LogP contribution in [0.4, 0.5) is 11.4 Å². The van der Waals surface area contributed by atoms with E-state index in [2.05, 4.69) is 27.7 Å². The SMILES string of the molecule is CC(=O)Nc1ccc(/C=C/c2cc(N=C=S)ccc2S(=O)(=O)O)c(S(=O)(=O)O)c1. The number of amides is 1. The van der Waals surface area contributed by atoms with Gasteiger partial charge in [0.15, 0.2) is 0 Å². The Kier molecular flexibility index (Phi) is 6.80. The fourth-order valence-corrected chi connectivity index (χ4v) is 3.86. The molecule has 2 rings (SSSR count). The third kappa shape index (κ3) is 6.12. The van der Waals surface area contributed by atoms with Gasteiger partial charge in [-0.15, -0.1) is 0 Å². The van der Waals surface area contributed by atoms with Gasteiger partial charge in [0.05, 0.1) is 10.8 Å². The first-order valence-corrected chi connectivity index (χ1v) is 11.0. The summed E-state index contributed by atoms with van der Waals surface area (Å²) < 4.78 is 65.5. The monoisotopic (exact) mass is 454 g/mol. The first-order valence-electron chi connectivity index (χ1n) is 7.68. The number of benzene rings is 2. The predicted octanol–water partition coefficient (Wildman–Crippen LogP) is 3.04. The molecule has 2 aromatic carbocycles. The van der Waals surface area contributed by atoms with Gasteiger partial charge in [-0.05, 0) is 53.7 Å². The molecule has 0 unspecified atom stereocenters. The third-order valence-corrected chi connectivity index (χ3v) is 5.43. The van der Waals surface area contributed by atoms with Crippen LogP contribution in [0.25, 0.3) is 12.2 Å². The lowest BCUT2D eigenvalue weighted by molar-refractivity contribution is -0.114. The van der Waals surface area contributed by atoms with Crippen LogP contribution in [0, 0.1) is 0 Å². The molecule has 12 heteroatoms. The molecule has 1 amide bonds. The summed E-state index contributed by atoms with van der Waals surface area (Å²) in [5.74, 6) is -0.441. The van der Waals surface area contributed by atoms with Crippen molar-refractivity contribution in [2.45, 2.75) is 16.7 Å². The number of nitrogens with one attached hydrogen (secondary N) is 1. The fraction of sp³-hybridized carbons (Fsp3) is 0.0588. The number of anilines is 1. The van der Waals surface area contributed by atoms with Crippen LogP contribution >= 0.6 is 12.2 Å². The fourth-order valence-electron chi connectivity index (χ4n) is 2.38. The van der Waals surface area contributed by atoms with Gasteiger partial charge in [-0.2, -0.15) is 21.8 Å². The van der Waals surface area contributed by atoms with E-state index in [0.717, 1.165) is 12.1 Å². The van der Waals surface area contributed by atoms with Gasteiger partial charge in [-0.1, -0.05) is 18.2 Å². The minimum atomic E-state index is -4.66. The van der Waals surface area contributed by atoms with Crippen molar-refractivity contribution in [2.24, 2.45) is 4.99 Å². The highest BCUT2D eigenvalue weighted by molar-refractivity contribution is 7.86. The second-order valence-corrected chi connectivity index (χ2v) is 8.60. The summed E-state index contributed by atoms with van der Waals surface area (Å²) in [6, 6.07) is 7.43. The molecule has 0 aliphatic carbocycles. The molecule has 0 saturated heterocycles. The van der Waals surface area contributed by atoms with E-state index in [1.54, 1.807) is 0 Å². The Hall–Kier alpha value is -2.73. The van der Waals surface area contributed by atoms with E-state index in [4.69, 9.17) is 0 Å². The second-order valence-electron chi connectivity index (χ2n) is 5.64. The molecule has 152 valence electrons. The van der Waals surface area contributed by atoms with Gasteiger partial charge in [0.25, 0.3) is 20.2 Å². The summed E-state index contributed by atoms with van der Waals surface area (Å²) in [5.41, 5.74) is 0.388. The van der Waals surface area contributed by atoms with Gasteiger partial charge in [0, 0.05) is 12.6 Å². The van der Waals surface area contributed by atoms with Crippen LogP contribution in [0.15, 0.2) is 51.2 Å². The molecule has 2 aromatic rings. The van der Waals surface area contributed by atoms with Crippen LogP contribution in [0.3, 0.4) is 0 Å². The number of carbonyl (C=O) groups is 1. The van der Waals surface area contributed by atoms with Crippen molar-refractivity contribution >= 4 is 67.0 Å². The zero-order chi connectivity index (χ0) is 21.8.